The fourth-order valence-electron chi connectivity index (χ4n) is 2.18. The normalized spacial score (nSPS) is 12.6. The lowest BCUT2D eigenvalue weighted by atomic mass is 10.3. The Morgan fingerprint density at radius 1 is 0.875 bits per heavy atom. The molecule has 0 bridgehead atoms. The Hall–Kier alpha value is -0.0862. The standard InChI is InChI=1S/C13H29NSi2/c1-12(2)10-13(3)11-14(15(4,5)6)16(7,8)9/h11H2,1-9H3. The fourth-order valence-corrected chi connectivity index (χ4v) is 11.7. The predicted molar refractivity (Wildman–Crippen MR) is 81.0 cm³/mol. The van der Waals surface area contributed by atoms with Gasteiger partial charge in [0.2, 0.25) is 0 Å². The lowest BCUT2D eigenvalue weighted by molar-refractivity contribution is 0.666. The highest BCUT2D eigenvalue weighted by atomic mass is 28.4. The molecule has 0 saturated heterocycles. The van der Waals surface area contributed by atoms with E-state index in [1.165, 1.54) is 11.1 Å². The summed E-state index contributed by atoms with van der Waals surface area (Å²) in [5, 5.41) is 0. The predicted octanol–water partition coefficient (Wildman–Crippen LogP) is 4.47. The van der Waals surface area contributed by atoms with Crippen LogP contribution in [0.1, 0.15) is 20.8 Å². The topological polar surface area (TPSA) is 3.24 Å². The smallest absolute Gasteiger partial charge is 0.112 e. The van der Waals surface area contributed by atoms with E-state index in [4.69, 9.17) is 0 Å². The van der Waals surface area contributed by atoms with Gasteiger partial charge in [-0.3, -0.25) is 0 Å². The zero-order chi connectivity index (χ0) is 13.1. The maximum absolute atomic E-state index is 3.45. The van der Waals surface area contributed by atoms with Gasteiger partial charge < -0.3 is 4.23 Å². The van der Waals surface area contributed by atoms with Crippen LogP contribution < -0.4 is 0 Å². The Morgan fingerprint density at radius 2 is 1.25 bits per heavy atom. The number of hydrogen-bond donors (Lipinski definition) is 0. The zero-order valence-electron chi connectivity index (χ0n) is 12.7. The molecule has 0 N–H and O–H groups in total. The summed E-state index contributed by atoms with van der Waals surface area (Å²) in [4.78, 5) is 0. The molecule has 0 unspecified atom stereocenters. The first-order valence-electron chi connectivity index (χ1n) is 6.12. The number of hydrogen-bond acceptors (Lipinski definition) is 1. The van der Waals surface area contributed by atoms with Crippen LogP contribution in [0.15, 0.2) is 16.9 Å². The maximum atomic E-state index is 3.45. The molecular weight excluding hydrogens is 226 g/mol. The molecule has 94 valence electrons. The van der Waals surface area contributed by atoms with Gasteiger partial charge in [0.15, 0.2) is 0 Å². The molecule has 16 heavy (non-hydrogen) atoms. The van der Waals surface area contributed by atoms with E-state index >= 15 is 0 Å². The van der Waals surface area contributed by atoms with Gasteiger partial charge in [0.25, 0.3) is 0 Å². The van der Waals surface area contributed by atoms with Crippen molar-refractivity contribution in [1.29, 1.82) is 0 Å². The van der Waals surface area contributed by atoms with E-state index in [9.17, 15) is 0 Å². The average molecular weight is 256 g/mol. The van der Waals surface area contributed by atoms with Gasteiger partial charge in [0, 0.05) is 6.54 Å². The third kappa shape index (κ3) is 5.85. The van der Waals surface area contributed by atoms with Crippen LogP contribution in [0.25, 0.3) is 0 Å². The molecule has 0 fully saturated rings. The second kappa shape index (κ2) is 5.50. The van der Waals surface area contributed by atoms with E-state index in [2.05, 4.69) is 70.0 Å². The van der Waals surface area contributed by atoms with Crippen molar-refractivity contribution in [3.05, 3.63) is 16.9 Å². The summed E-state index contributed by atoms with van der Waals surface area (Å²) >= 11 is 0. The molecule has 0 aromatic rings. The Kier molecular flexibility index (Phi) is 5.47. The molecule has 0 amide bonds. The van der Waals surface area contributed by atoms with Gasteiger partial charge >= 0.3 is 0 Å². The Morgan fingerprint density at radius 3 is 1.50 bits per heavy atom. The molecule has 0 radical (unpaired) electrons. The monoisotopic (exact) mass is 255 g/mol. The van der Waals surface area contributed by atoms with E-state index in [-0.39, 0.29) is 0 Å². The van der Waals surface area contributed by atoms with Gasteiger partial charge in [0.1, 0.15) is 16.5 Å². The summed E-state index contributed by atoms with van der Waals surface area (Å²) in [5.74, 6) is 0. The summed E-state index contributed by atoms with van der Waals surface area (Å²) in [5.41, 5.74) is 6.11. The van der Waals surface area contributed by atoms with Crippen LogP contribution in [0.4, 0.5) is 0 Å². The van der Waals surface area contributed by atoms with Gasteiger partial charge in [-0.1, -0.05) is 39.3 Å². The van der Waals surface area contributed by atoms with Gasteiger partial charge in [0.05, 0.1) is 0 Å². The Balaban J connectivity index is 5.08. The molecule has 0 aliphatic heterocycles. The van der Waals surface area contributed by atoms with Gasteiger partial charge in [-0.05, 0) is 31.9 Å². The van der Waals surface area contributed by atoms with Crippen molar-refractivity contribution in [1.82, 2.24) is 4.23 Å². The third-order valence-electron chi connectivity index (χ3n) is 2.48. The molecule has 0 aliphatic rings. The van der Waals surface area contributed by atoms with E-state index < -0.39 is 16.5 Å². The molecule has 0 saturated carbocycles. The molecule has 0 heterocycles. The lowest BCUT2D eigenvalue weighted by Crippen LogP contribution is -2.59. The molecule has 0 aromatic heterocycles. The molecule has 0 aliphatic carbocycles. The van der Waals surface area contributed by atoms with Crippen LogP contribution in [-0.2, 0) is 0 Å². The highest BCUT2D eigenvalue weighted by Gasteiger charge is 2.33. The van der Waals surface area contributed by atoms with Crippen LogP contribution in [0, 0.1) is 0 Å². The van der Waals surface area contributed by atoms with Crippen LogP contribution >= 0.6 is 0 Å². The van der Waals surface area contributed by atoms with Crippen molar-refractivity contribution in [2.45, 2.75) is 60.1 Å². The minimum absolute atomic E-state index is 1.11. The van der Waals surface area contributed by atoms with Crippen molar-refractivity contribution in [2.24, 2.45) is 0 Å². The van der Waals surface area contributed by atoms with Crippen molar-refractivity contribution >= 4 is 16.5 Å². The van der Waals surface area contributed by atoms with Crippen molar-refractivity contribution in [3.63, 3.8) is 0 Å². The van der Waals surface area contributed by atoms with Crippen LogP contribution in [0.2, 0.25) is 39.3 Å². The summed E-state index contributed by atoms with van der Waals surface area (Å²) in [6.45, 7) is 22.2. The minimum atomic E-state index is -1.21. The minimum Gasteiger partial charge on any atom is -0.342 e. The zero-order valence-corrected chi connectivity index (χ0v) is 14.7. The molecule has 0 aromatic carbocycles. The Labute approximate surface area is 104 Å². The molecule has 0 atom stereocenters. The van der Waals surface area contributed by atoms with Crippen LogP contribution in [0.3, 0.4) is 0 Å². The van der Waals surface area contributed by atoms with E-state index in [1.807, 2.05) is 0 Å². The second-order valence-electron chi connectivity index (χ2n) is 6.83. The first kappa shape index (κ1) is 15.9. The number of nitrogens with zero attached hydrogens (tertiary/aromatic N) is 1. The summed E-state index contributed by atoms with van der Waals surface area (Å²) < 4.78 is 2.80. The lowest BCUT2D eigenvalue weighted by Gasteiger charge is -2.43. The first-order valence-corrected chi connectivity index (χ1v) is 13.0. The fraction of sp³-hybridized carbons (Fsp3) is 0.769. The van der Waals surface area contributed by atoms with Crippen LogP contribution in [-0.4, -0.2) is 27.2 Å². The Bertz CT molecular complexity index is 281. The second-order valence-corrected chi connectivity index (χ2v) is 17.0. The highest BCUT2D eigenvalue weighted by molar-refractivity contribution is 6.89. The summed E-state index contributed by atoms with van der Waals surface area (Å²) in [7, 11) is -2.42. The highest BCUT2D eigenvalue weighted by Crippen LogP contribution is 2.20. The molecule has 3 heteroatoms. The van der Waals surface area contributed by atoms with E-state index in [0.717, 1.165) is 6.54 Å². The molecule has 0 rings (SSSR count). The third-order valence-corrected chi connectivity index (χ3v) is 10.1. The number of rotatable bonds is 4. The maximum Gasteiger partial charge on any atom is 0.112 e. The molecule has 0 spiro atoms. The summed E-state index contributed by atoms with van der Waals surface area (Å²) in [6, 6.07) is 0. The average Bonchev–Trinajstić information content (AvgIpc) is 1.94. The van der Waals surface area contributed by atoms with Crippen molar-refractivity contribution < 1.29 is 0 Å². The SMILES string of the molecule is CC(C)=C=C(C)CN([Si](C)(C)C)[Si](C)(C)C. The van der Waals surface area contributed by atoms with Gasteiger partial charge in [-0.15, -0.1) is 5.73 Å². The molecule has 1 nitrogen and oxygen atoms in total. The van der Waals surface area contributed by atoms with Crippen molar-refractivity contribution in [2.75, 3.05) is 6.54 Å². The first-order chi connectivity index (χ1) is 6.94. The van der Waals surface area contributed by atoms with Gasteiger partial charge in [-0.2, -0.15) is 0 Å². The van der Waals surface area contributed by atoms with E-state index in [0.29, 0.717) is 0 Å². The summed E-state index contributed by atoms with van der Waals surface area (Å²) in [6.07, 6.45) is 0. The van der Waals surface area contributed by atoms with E-state index in [1.54, 1.807) is 0 Å². The molecular formula is C13H29NSi2. The quantitative estimate of drug-likeness (QED) is 0.529. The van der Waals surface area contributed by atoms with Gasteiger partial charge in [-0.25, -0.2) is 0 Å². The van der Waals surface area contributed by atoms with Crippen molar-refractivity contribution in [3.8, 4) is 0 Å². The largest absolute Gasteiger partial charge is 0.342 e. The van der Waals surface area contributed by atoms with Crippen LogP contribution in [0.5, 0.6) is 0 Å².